The standard InChI is InChI=1S/C22H21F2N3O4/c1-9-5-6-13(31-9)20(22(2,3)4)27-17-16(18(28)19(17)29)26-15-12(24)7-11(23)10-8-25-21(30)14(10)15/h5-7,20,26-27H,8H2,1-4H3,(H,25,30)/t20-/m0/s1. The maximum Gasteiger partial charge on any atom is 0.254 e. The highest BCUT2D eigenvalue weighted by molar-refractivity contribution is 6.04. The van der Waals surface area contributed by atoms with E-state index in [-0.39, 0.29) is 34.7 Å². The van der Waals surface area contributed by atoms with Gasteiger partial charge in [0.15, 0.2) is 0 Å². The van der Waals surface area contributed by atoms with Gasteiger partial charge in [-0.3, -0.25) is 14.4 Å². The van der Waals surface area contributed by atoms with Crippen LogP contribution in [0.5, 0.6) is 0 Å². The van der Waals surface area contributed by atoms with Crippen LogP contribution in [0.3, 0.4) is 0 Å². The quantitative estimate of drug-likeness (QED) is 0.536. The van der Waals surface area contributed by atoms with E-state index in [0.29, 0.717) is 17.6 Å². The van der Waals surface area contributed by atoms with Gasteiger partial charge in [-0.2, -0.15) is 0 Å². The average molecular weight is 429 g/mol. The van der Waals surface area contributed by atoms with Crippen LogP contribution >= 0.6 is 0 Å². The molecule has 0 spiro atoms. The molecule has 0 radical (unpaired) electrons. The van der Waals surface area contributed by atoms with E-state index in [1.165, 1.54) is 0 Å². The Morgan fingerprint density at radius 3 is 2.32 bits per heavy atom. The molecule has 2 heterocycles. The van der Waals surface area contributed by atoms with Gasteiger partial charge >= 0.3 is 0 Å². The molecule has 9 heteroatoms. The summed E-state index contributed by atoms with van der Waals surface area (Å²) in [7, 11) is 0. The first-order chi connectivity index (χ1) is 14.5. The largest absolute Gasteiger partial charge is 0.464 e. The van der Waals surface area contributed by atoms with E-state index in [1.807, 2.05) is 20.8 Å². The third-order valence-electron chi connectivity index (χ3n) is 5.35. The summed E-state index contributed by atoms with van der Waals surface area (Å²) in [5.41, 5.74) is -2.84. The summed E-state index contributed by atoms with van der Waals surface area (Å²) in [6.45, 7) is 7.49. The number of carbonyl (C=O) groups is 1. The maximum absolute atomic E-state index is 14.5. The second-order valence-electron chi connectivity index (χ2n) is 8.68. The first-order valence-electron chi connectivity index (χ1n) is 9.71. The third-order valence-corrected chi connectivity index (χ3v) is 5.35. The van der Waals surface area contributed by atoms with Crippen LogP contribution in [0.15, 0.2) is 32.2 Å². The number of amides is 1. The average Bonchev–Trinajstić information content (AvgIpc) is 3.28. The predicted molar refractivity (Wildman–Crippen MR) is 111 cm³/mol. The predicted octanol–water partition coefficient (Wildman–Crippen LogP) is 3.65. The lowest BCUT2D eigenvalue weighted by molar-refractivity contribution is 0.0966. The minimum Gasteiger partial charge on any atom is -0.464 e. The Morgan fingerprint density at radius 1 is 1.03 bits per heavy atom. The van der Waals surface area contributed by atoms with E-state index in [4.69, 9.17) is 4.42 Å². The second-order valence-corrected chi connectivity index (χ2v) is 8.68. The molecule has 162 valence electrons. The molecule has 0 saturated heterocycles. The molecule has 3 N–H and O–H groups in total. The van der Waals surface area contributed by atoms with E-state index < -0.39 is 39.9 Å². The van der Waals surface area contributed by atoms with Gasteiger partial charge in [0.2, 0.25) is 0 Å². The van der Waals surface area contributed by atoms with Gasteiger partial charge in [-0.15, -0.1) is 0 Å². The molecule has 0 aliphatic carbocycles. The van der Waals surface area contributed by atoms with Gasteiger partial charge in [0, 0.05) is 18.2 Å². The Kier molecular flexibility index (Phi) is 4.72. The number of benzene rings is 1. The second kappa shape index (κ2) is 7.04. The van der Waals surface area contributed by atoms with Gasteiger partial charge in [-0.1, -0.05) is 20.8 Å². The fourth-order valence-corrected chi connectivity index (χ4v) is 3.70. The number of fused-ring (bicyclic) bond motifs is 1. The lowest BCUT2D eigenvalue weighted by atomic mass is 9.85. The molecule has 1 atom stereocenters. The van der Waals surface area contributed by atoms with Crippen LogP contribution in [0.25, 0.3) is 0 Å². The van der Waals surface area contributed by atoms with E-state index in [0.717, 1.165) is 0 Å². The smallest absolute Gasteiger partial charge is 0.254 e. The summed E-state index contributed by atoms with van der Waals surface area (Å²) in [5, 5.41) is 8.03. The van der Waals surface area contributed by atoms with Gasteiger partial charge in [0.1, 0.15) is 34.5 Å². The lowest BCUT2D eigenvalue weighted by Gasteiger charge is -2.31. The van der Waals surface area contributed by atoms with Crippen LogP contribution in [-0.2, 0) is 6.54 Å². The highest BCUT2D eigenvalue weighted by atomic mass is 19.1. The Bertz CT molecular complexity index is 1280. The van der Waals surface area contributed by atoms with Crippen LogP contribution in [0, 0.1) is 24.0 Å². The zero-order valence-corrected chi connectivity index (χ0v) is 17.4. The number of carbonyl (C=O) groups excluding carboxylic acids is 1. The molecule has 2 aromatic carbocycles. The summed E-state index contributed by atoms with van der Waals surface area (Å²) in [5.74, 6) is -1.31. The molecular weight excluding hydrogens is 408 g/mol. The zero-order chi connectivity index (χ0) is 22.7. The summed E-state index contributed by atoms with van der Waals surface area (Å²) in [4.78, 5) is 36.7. The van der Waals surface area contributed by atoms with Crippen molar-refractivity contribution in [2.24, 2.45) is 5.41 Å². The number of hydrogen-bond donors (Lipinski definition) is 3. The minimum absolute atomic E-state index is 0.000682. The van der Waals surface area contributed by atoms with Crippen LogP contribution in [-0.4, -0.2) is 5.91 Å². The van der Waals surface area contributed by atoms with Crippen molar-refractivity contribution in [2.45, 2.75) is 40.3 Å². The zero-order valence-electron chi connectivity index (χ0n) is 17.4. The molecule has 7 nitrogen and oxygen atoms in total. The number of halogens is 2. The van der Waals surface area contributed by atoms with E-state index in [1.54, 1.807) is 19.1 Å². The Labute approximate surface area is 176 Å². The van der Waals surface area contributed by atoms with Crippen LogP contribution < -0.4 is 26.8 Å². The summed E-state index contributed by atoms with van der Waals surface area (Å²) < 4.78 is 34.3. The topological polar surface area (TPSA) is 100 Å². The molecular formula is C22H21F2N3O4. The minimum atomic E-state index is -1.04. The molecule has 1 aromatic heterocycles. The molecule has 3 aromatic rings. The molecule has 0 fully saturated rings. The lowest BCUT2D eigenvalue weighted by Crippen LogP contribution is -2.39. The highest BCUT2D eigenvalue weighted by Gasteiger charge is 2.35. The number of hydrogen-bond acceptors (Lipinski definition) is 6. The molecule has 0 bridgehead atoms. The normalized spacial score (nSPS) is 14.5. The monoisotopic (exact) mass is 429 g/mol. The molecule has 31 heavy (non-hydrogen) atoms. The molecule has 0 saturated carbocycles. The van der Waals surface area contributed by atoms with Gasteiger partial charge in [0.05, 0.1) is 17.3 Å². The van der Waals surface area contributed by atoms with Crippen molar-refractivity contribution < 1.29 is 18.0 Å². The van der Waals surface area contributed by atoms with Gasteiger partial charge < -0.3 is 20.4 Å². The number of nitrogens with one attached hydrogen (secondary N) is 3. The number of aryl methyl sites for hydroxylation is 1. The SMILES string of the molecule is Cc1ccc([C@H](Nc2c(Nc3c(F)cc(F)c4c3C(=O)NC4)c(=O)c2=O)C(C)(C)C)o1. The van der Waals surface area contributed by atoms with Crippen LogP contribution in [0.2, 0.25) is 0 Å². The number of anilines is 3. The van der Waals surface area contributed by atoms with Crippen LogP contribution in [0.1, 0.15) is 54.3 Å². The van der Waals surface area contributed by atoms with Crippen molar-refractivity contribution in [3.05, 3.63) is 72.9 Å². The maximum atomic E-state index is 14.5. The third kappa shape index (κ3) is 3.39. The molecule has 1 amide bonds. The molecule has 0 unspecified atom stereocenters. The molecule has 1 aliphatic rings. The number of rotatable bonds is 5. The van der Waals surface area contributed by atoms with E-state index in [2.05, 4.69) is 16.0 Å². The Balaban J connectivity index is 1.74. The first kappa shape index (κ1) is 20.8. The Morgan fingerprint density at radius 2 is 1.71 bits per heavy atom. The molecule has 1 aliphatic heterocycles. The highest BCUT2D eigenvalue weighted by Crippen LogP contribution is 2.39. The number of furan rings is 1. The van der Waals surface area contributed by atoms with Crippen molar-refractivity contribution in [1.29, 1.82) is 0 Å². The summed E-state index contributed by atoms with van der Waals surface area (Å²) in [6, 6.07) is 3.72. The van der Waals surface area contributed by atoms with Crippen molar-refractivity contribution in [3.8, 4) is 0 Å². The Hall–Kier alpha value is -3.49. The van der Waals surface area contributed by atoms with Crippen molar-refractivity contribution in [2.75, 3.05) is 10.6 Å². The van der Waals surface area contributed by atoms with E-state index in [9.17, 15) is 23.2 Å². The van der Waals surface area contributed by atoms with Crippen LogP contribution in [0.4, 0.5) is 25.8 Å². The van der Waals surface area contributed by atoms with Crippen molar-refractivity contribution >= 4 is 23.0 Å². The van der Waals surface area contributed by atoms with Crippen molar-refractivity contribution in [3.63, 3.8) is 0 Å². The fourth-order valence-electron chi connectivity index (χ4n) is 3.70. The van der Waals surface area contributed by atoms with E-state index >= 15 is 0 Å². The fraction of sp³-hybridized carbons (Fsp3) is 0.318. The first-order valence-corrected chi connectivity index (χ1v) is 9.71. The van der Waals surface area contributed by atoms with Gasteiger partial charge in [-0.25, -0.2) is 8.78 Å². The van der Waals surface area contributed by atoms with Gasteiger partial charge in [-0.05, 0) is 24.5 Å². The van der Waals surface area contributed by atoms with Gasteiger partial charge in [0.25, 0.3) is 16.8 Å². The molecule has 4 rings (SSSR count). The summed E-state index contributed by atoms with van der Waals surface area (Å²) in [6.07, 6.45) is 0. The summed E-state index contributed by atoms with van der Waals surface area (Å²) >= 11 is 0. The van der Waals surface area contributed by atoms with Crippen molar-refractivity contribution in [1.82, 2.24) is 5.32 Å².